The van der Waals surface area contributed by atoms with Crippen LogP contribution < -0.4 is 5.73 Å². The Balaban J connectivity index is 4.15. The highest BCUT2D eigenvalue weighted by molar-refractivity contribution is 7.47. The van der Waals surface area contributed by atoms with Crippen LogP contribution in [0.25, 0.3) is 0 Å². The fourth-order valence-electron chi connectivity index (χ4n) is 5.28. The first-order valence-electron chi connectivity index (χ1n) is 19.2. The average molecular weight is 690 g/mol. The van der Waals surface area contributed by atoms with Gasteiger partial charge in [0.25, 0.3) is 0 Å². The van der Waals surface area contributed by atoms with Gasteiger partial charge in [0, 0.05) is 19.4 Å². The Morgan fingerprint density at radius 3 is 1.60 bits per heavy atom. The third-order valence-corrected chi connectivity index (χ3v) is 9.12. The van der Waals surface area contributed by atoms with E-state index < -0.39 is 26.5 Å². The Hall–Kier alpha value is -1.25. The Bertz CT molecular complexity index is 794. The lowest BCUT2D eigenvalue weighted by Gasteiger charge is -2.19. The average Bonchev–Trinajstić information content (AvgIpc) is 3.05. The van der Waals surface area contributed by atoms with Crippen LogP contribution in [-0.2, 0) is 32.7 Å². The van der Waals surface area contributed by atoms with Crippen molar-refractivity contribution in [1.82, 2.24) is 0 Å². The monoisotopic (exact) mass is 689 g/mol. The summed E-state index contributed by atoms with van der Waals surface area (Å²) in [4.78, 5) is 34.6. The molecule has 0 radical (unpaired) electrons. The van der Waals surface area contributed by atoms with E-state index >= 15 is 0 Å². The minimum Gasteiger partial charge on any atom is -0.462 e. The van der Waals surface area contributed by atoms with Crippen LogP contribution in [0.1, 0.15) is 181 Å². The predicted octanol–water partition coefficient (Wildman–Crippen LogP) is 10.3. The van der Waals surface area contributed by atoms with E-state index in [1.165, 1.54) is 89.9 Å². The number of carbonyl (C=O) groups excluding carboxylic acids is 2. The number of phosphoric acid groups is 1. The topological polar surface area (TPSA) is 134 Å². The second-order valence-corrected chi connectivity index (χ2v) is 14.3. The van der Waals surface area contributed by atoms with Crippen LogP contribution in [0.2, 0.25) is 0 Å². The molecule has 0 bridgehead atoms. The number of carbonyl (C=O) groups is 2. The first-order chi connectivity index (χ1) is 22.8. The Labute approximate surface area is 288 Å². The van der Waals surface area contributed by atoms with Gasteiger partial charge in [-0.25, -0.2) is 4.57 Å². The van der Waals surface area contributed by atoms with E-state index in [4.69, 9.17) is 24.3 Å². The third kappa shape index (κ3) is 34.4. The van der Waals surface area contributed by atoms with Crippen molar-refractivity contribution in [3.8, 4) is 0 Å². The number of allylic oxidation sites excluding steroid dienone is 2. The maximum absolute atomic E-state index is 12.5. The molecule has 0 aromatic carbocycles. The Morgan fingerprint density at radius 2 is 1.09 bits per heavy atom. The van der Waals surface area contributed by atoms with E-state index in [-0.39, 0.29) is 38.6 Å². The summed E-state index contributed by atoms with van der Waals surface area (Å²) < 4.78 is 32.6. The summed E-state index contributed by atoms with van der Waals surface area (Å²) in [6.07, 6.45) is 32.5. The van der Waals surface area contributed by atoms with E-state index in [2.05, 4.69) is 26.0 Å². The molecule has 278 valence electrons. The molecule has 3 N–H and O–H groups in total. The maximum atomic E-state index is 12.5. The summed E-state index contributed by atoms with van der Waals surface area (Å²) in [5.41, 5.74) is 5.32. The minimum atomic E-state index is -4.36. The molecule has 2 atom stereocenters. The van der Waals surface area contributed by atoms with Crippen molar-refractivity contribution in [2.45, 2.75) is 187 Å². The number of ether oxygens (including phenoxy) is 2. The van der Waals surface area contributed by atoms with Gasteiger partial charge >= 0.3 is 19.8 Å². The van der Waals surface area contributed by atoms with Gasteiger partial charge in [0.1, 0.15) is 6.61 Å². The van der Waals surface area contributed by atoms with Gasteiger partial charge in [-0.3, -0.25) is 18.6 Å². The summed E-state index contributed by atoms with van der Waals surface area (Å²) in [6.45, 7) is 3.66. The van der Waals surface area contributed by atoms with Crippen LogP contribution in [0.15, 0.2) is 12.2 Å². The number of nitrogens with two attached hydrogens (primary N) is 1. The number of unbranched alkanes of at least 4 members (excludes halogenated alkanes) is 21. The molecule has 0 amide bonds. The smallest absolute Gasteiger partial charge is 0.462 e. The van der Waals surface area contributed by atoms with Gasteiger partial charge in [-0.05, 0) is 32.1 Å². The van der Waals surface area contributed by atoms with Crippen molar-refractivity contribution in [3.63, 3.8) is 0 Å². The summed E-state index contributed by atoms with van der Waals surface area (Å²) in [5.74, 6) is -0.835. The molecule has 0 heterocycles. The first-order valence-corrected chi connectivity index (χ1v) is 20.7. The van der Waals surface area contributed by atoms with Gasteiger partial charge < -0.3 is 20.1 Å². The molecule has 47 heavy (non-hydrogen) atoms. The zero-order valence-corrected chi connectivity index (χ0v) is 31.2. The first kappa shape index (κ1) is 45.8. The quantitative estimate of drug-likeness (QED) is 0.0285. The van der Waals surface area contributed by atoms with Crippen LogP contribution in [0, 0.1) is 0 Å². The second kappa shape index (κ2) is 34.6. The maximum Gasteiger partial charge on any atom is 0.472 e. The van der Waals surface area contributed by atoms with E-state index in [0.717, 1.165) is 57.8 Å². The standard InChI is InChI=1S/C37H72NO8P/c1-3-5-7-9-11-13-15-16-17-18-19-20-22-23-25-27-29-36(39)43-33-35(34-45-47(41,42)44-32-31-38)46-37(40)30-28-26-24-21-14-12-10-8-6-4-2/h8,10,35H,3-7,9,11-34,38H2,1-2H3,(H,41,42)/b10-8-. The van der Waals surface area contributed by atoms with Crippen molar-refractivity contribution >= 4 is 19.8 Å². The van der Waals surface area contributed by atoms with Crippen LogP contribution in [-0.4, -0.2) is 49.3 Å². The van der Waals surface area contributed by atoms with E-state index in [9.17, 15) is 19.0 Å². The van der Waals surface area contributed by atoms with Crippen molar-refractivity contribution in [1.29, 1.82) is 0 Å². The van der Waals surface area contributed by atoms with Gasteiger partial charge in [0.15, 0.2) is 6.10 Å². The molecule has 0 aromatic heterocycles. The van der Waals surface area contributed by atoms with Gasteiger partial charge in [0.05, 0.1) is 13.2 Å². The lowest BCUT2D eigenvalue weighted by atomic mass is 10.0. The molecule has 0 rings (SSSR count). The highest BCUT2D eigenvalue weighted by Gasteiger charge is 2.25. The molecule has 0 aliphatic heterocycles. The molecule has 0 saturated heterocycles. The van der Waals surface area contributed by atoms with Crippen molar-refractivity contribution in [3.05, 3.63) is 12.2 Å². The number of phosphoric ester groups is 1. The number of esters is 2. The second-order valence-electron chi connectivity index (χ2n) is 12.8. The number of hydrogen-bond acceptors (Lipinski definition) is 8. The summed E-state index contributed by atoms with van der Waals surface area (Å²) in [6, 6.07) is 0. The van der Waals surface area contributed by atoms with Crippen molar-refractivity contribution in [2.24, 2.45) is 5.73 Å². The van der Waals surface area contributed by atoms with Crippen LogP contribution in [0.4, 0.5) is 0 Å². The number of hydrogen-bond donors (Lipinski definition) is 2. The van der Waals surface area contributed by atoms with Gasteiger partial charge in [-0.2, -0.15) is 0 Å². The minimum absolute atomic E-state index is 0.0544. The van der Waals surface area contributed by atoms with E-state index in [1.54, 1.807) is 0 Å². The summed E-state index contributed by atoms with van der Waals surface area (Å²) >= 11 is 0. The Morgan fingerprint density at radius 1 is 0.617 bits per heavy atom. The third-order valence-electron chi connectivity index (χ3n) is 8.13. The van der Waals surface area contributed by atoms with Crippen molar-refractivity contribution in [2.75, 3.05) is 26.4 Å². The molecule has 0 saturated carbocycles. The normalized spacial score (nSPS) is 13.5. The molecular formula is C37H72NO8P. The molecule has 10 heteroatoms. The lowest BCUT2D eigenvalue weighted by Crippen LogP contribution is -2.29. The van der Waals surface area contributed by atoms with Crippen LogP contribution >= 0.6 is 7.82 Å². The summed E-state index contributed by atoms with van der Waals surface area (Å²) in [5, 5.41) is 0. The largest absolute Gasteiger partial charge is 0.472 e. The zero-order chi connectivity index (χ0) is 34.7. The molecule has 0 aliphatic rings. The van der Waals surface area contributed by atoms with E-state index in [0.29, 0.717) is 6.42 Å². The zero-order valence-electron chi connectivity index (χ0n) is 30.3. The van der Waals surface area contributed by atoms with Crippen molar-refractivity contribution < 1.29 is 37.6 Å². The predicted molar refractivity (Wildman–Crippen MR) is 192 cm³/mol. The molecule has 9 nitrogen and oxygen atoms in total. The molecule has 0 spiro atoms. The lowest BCUT2D eigenvalue weighted by molar-refractivity contribution is -0.161. The molecule has 2 unspecified atom stereocenters. The molecule has 0 fully saturated rings. The fourth-order valence-corrected chi connectivity index (χ4v) is 6.05. The van der Waals surface area contributed by atoms with Gasteiger partial charge in [-0.15, -0.1) is 0 Å². The van der Waals surface area contributed by atoms with Gasteiger partial charge in [-0.1, -0.05) is 148 Å². The SMILES string of the molecule is CCC/C=C\CCCCCCCC(=O)OC(COC(=O)CCCCCCCCCCCCCCCCCC)COP(=O)(O)OCCN. The molecule has 0 aromatic rings. The highest BCUT2D eigenvalue weighted by atomic mass is 31.2. The summed E-state index contributed by atoms with van der Waals surface area (Å²) in [7, 11) is -4.36. The Kier molecular flexibility index (Phi) is 33.7. The highest BCUT2D eigenvalue weighted by Crippen LogP contribution is 2.43. The molecule has 0 aliphatic carbocycles. The van der Waals surface area contributed by atoms with Crippen LogP contribution in [0.5, 0.6) is 0 Å². The van der Waals surface area contributed by atoms with Gasteiger partial charge in [0.2, 0.25) is 0 Å². The van der Waals surface area contributed by atoms with E-state index in [1.807, 2.05) is 0 Å². The van der Waals surface area contributed by atoms with Crippen LogP contribution in [0.3, 0.4) is 0 Å². The fraction of sp³-hybridized carbons (Fsp3) is 0.892. The number of rotatable bonds is 36. The molecular weight excluding hydrogens is 617 g/mol.